The Morgan fingerprint density at radius 3 is 2.38 bits per heavy atom. The SMILES string of the molecule is NC(=C(COC1CC2CC[C@@H](C1)N2c1nc2ccc(C(=O)O)cc2s1)C(=O)C1CC1)c1ccc(F)cc1. The third-order valence-corrected chi connectivity index (χ3v) is 8.76. The van der Waals surface area contributed by atoms with E-state index >= 15 is 0 Å². The van der Waals surface area contributed by atoms with Crippen LogP contribution in [0.2, 0.25) is 0 Å². The molecule has 0 radical (unpaired) electrons. The van der Waals surface area contributed by atoms with E-state index in [4.69, 9.17) is 15.5 Å². The molecule has 6 rings (SSSR count). The van der Waals surface area contributed by atoms with Crippen molar-refractivity contribution in [3.63, 3.8) is 0 Å². The molecule has 1 saturated carbocycles. The number of fused-ring (bicyclic) bond motifs is 3. The van der Waals surface area contributed by atoms with Gasteiger partial charge in [-0.05, 0) is 86.6 Å². The summed E-state index contributed by atoms with van der Waals surface area (Å²) in [7, 11) is 0. The molecule has 2 saturated heterocycles. The number of hydrogen-bond acceptors (Lipinski definition) is 7. The number of piperidine rings is 1. The highest BCUT2D eigenvalue weighted by Gasteiger charge is 2.43. The van der Waals surface area contributed by atoms with Gasteiger partial charge >= 0.3 is 5.97 Å². The van der Waals surface area contributed by atoms with Gasteiger partial charge in [-0.1, -0.05) is 11.3 Å². The monoisotopic (exact) mass is 521 g/mol. The molecule has 3 heterocycles. The van der Waals surface area contributed by atoms with Gasteiger partial charge in [0, 0.05) is 29.3 Å². The fourth-order valence-corrected chi connectivity index (χ4v) is 6.76. The maximum absolute atomic E-state index is 13.4. The van der Waals surface area contributed by atoms with E-state index in [9.17, 15) is 19.1 Å². The van der Waals surface area contributed by atoms with Crippen LogP contribution in [0.1, 0.15) is 54.4 Å². The lowest BCUT2D eigenvalue weighted by atomic mass is 9.99. The number of benzene rings is 2. The molecule has 3 aliphatic rings. The Labute approximate surface area is 217 Å². The van der Waals surface area contributed by atoms with Gasteiger partial charge in [-0.25, -0.2) is 14.2 Å². The van der Waals surface area contributed by atoms with Gasteiger partial charge in [-0.15, -0.1) is 0 Å². The number of carboxylic acids is 1. The highest BCUT2D eigenvalue weighted by atomic mass is 32.1. The number of ketones is 1. The van der Waals surface area contributed by atoms with E-state index in [1.165, 1.54) is 23.5 Å². The van der Waals surface area contributed by atoms with Crippen LogP contribution in [-0.2, 0) is 9.53 Å². The number of hydrogen-bond donors (Lipinski definition) is 2. The van der Waals surface area contributed by atoms with Crippen LogP contribution in [0, 0.1) is 11.7 Å². The average Bonchev–Trinajstić information content (AvgIpc) is 3.60. The molecule has 3 atom stereocenters. The van der Waals surface area contributed by atoms with Crippen LogP contribution in [0.3, 0.4) is 0 Å². The van der Waals surface area contributed by atoms with Gasteiger partial charge in [-0.2, -0.15) is 0 Å². The second-order valence-corrected chi connectivity index (χ2v) is 11.2. The van der Waals surface area contributed by atoms with Gasteiger partial charge in [0.1, 0.15) is 5.82 Å². The first kappa shape index (κ1) is 24.1. The Balaban J connectivity index is 1.17. The molecule has 0 spiro atoms. The zero-order chi connectivity index (χ0) is 25.7. The Morgan fingerprint density at radius 2 is 1.73 bits per heavy atom. The van der Waals surface area contributed by atoms with E-state index in [1.54, 1.807) is 30.3 Å². The molecular weight excluding hydrogens is 493 g/mol. The maximum atomic E-state index is 13.4. The summed E-state index contributed by atoms with van der Waals surface area (Å²) < 4.78 is 20.6. The number of thiazole rings is 1. The molecule has 2 bridgehead atoms. The second-order valence-electron chi connectivity index (χ2n) is 10.2. The normalized spacial score (nSPS) is 23.8. The fourth-order valence-electron chi connectivity index (χ4n) is 5.61. The third-order valence-electron chi connectivity index (χ3n) is 7.72. The van der Waals surface area contributed by atoms with Crippen LogP contribution in [0.4, 0.5) is 9.52 Å². The van der Waals surface area contributed by atoms with Crippen LogP contribution in [-0.4, -0.2) is 46.6 Å². The number of aromatic carboxylic acids is 1. The molecule has 1 aromatic heterocycles. The Hall–Kier alpha value is -3.30. The van der Waals surface area contributed by atoms with Crippen molar-refractivity contribution in [1.82, 2.24) is 4.98 Å². The summed E-state index contributed by atoms with van der Waals surface area (Å²) >= 11 is 1.53. The lowest BCUT2D eigenvalue weighted by molar-refractivity contribution is -0.117. The van der Waals surface area contributed by atoms with Gasteiger partial charge in [0.25, 0.3) is 0 Å². The molecule has 0 amide bonds. The number of nitrogens with zero attached hydrogens (tertiary/aromatic N) is 2. The number of halogens is 1. The van der Waals surface area contributed by atoms with Gasteiger partial charge in [0.2, 0.25) is 0 Å². The standard InChI is InChI=1S/C28H28FN3O4S/c29-18-6-3-15(4-7-18)25(30)22(26(33)16-1-2-16)14-36-21-12-19-8-9-20(13-21)32(19)28-31-23-10-5-17(27(34)35)11-24(23)37-28/h3-7,10-11,16,19-21H,1-2,8-9,12-14,30H2,(H,34,35)/t19-,20?,21?/m0/s1. The molecule has 2 unspecified atom stereocenters. The Morgan fingerprint density at radius 1 is 1.05 bits per heavy atom. The van der Waals surface area contributed by atoms with E-state index < -0.39 is 5.97 Å². The van der Waals surface area contributed by atoms with Crippen molar-refractivity contribution in [3.05, 3.63) is 65.0 Å². The summed E-state index contributed by atoms with van der Waals surface area (Å²) in [6, 6.07) is 11.5. The summed E-state index contributed by atoms with van der Waals surface area (Å²) in [5, 5.41) is 10.2. The van der Waals surface area contributed by atoms with Crippen molar-refractivity contribution >= 4 is 44.1 Å². The number of carbonyl (C=O) groups is 2. The number of rotatable bonds is 8. The second kappa shape index (κ2) is 9.54. The van der Waals surface area contributed by atoms with E-state index in [0.717, 1.165) is 53.9 Å². The minimum absolute atomic E-state index is 0.00441. The molecule has 3 N–H and O–H groups in total. The zero-order valence-corrected chi connectivity index (χ0v) is 21.0. The molecule has 2 aromatic carbocycles. The lowest BCUT2D eigenvalue weighted by Crippen LogP contribution is -2.45. The minimum Gasteiger partial charge on any atom is -0.478 e. The van der Waals surface area contributed by atoms with Crippen molar-refractivity contribution < 1.29 is 23.8 Å². The first-order valence-electron chi connectivity index (χ1n) is 12.7. The molecule has 1 aliphatic carbocycles. The number of carboxylic acid groups (broad SMARTS) is 1. The van der Waals surface area contributed by atoms with Crippen molar-refractivity contribution in [1.29, 1.82) is 0 Å². The van der Waals surface area contributed by atoms with Gasteiger partial charge in [0.05, 0.1) is 28.5 Å². The van der Waals surface area contributed by atoms with Crippen LogP contribution in [0.25, 0.3) is 15.9 Å². The molecule has 3 fully saturated rings. The molecule has 7 nitrogen and oxygen atoms in total. The molecule has 9 heteroatoms. The zero-order valence-electron chi connectivity index (χ0n) is 20.2. The van der Waals surface area contributed by atoms with E-state index in [2.05, 4.69) is 4.90 Å². The number of Topliss-reactive ketones (excluding diaryl/α,β-unsaturated/α-hetero) is 1. The third kappa shape index (κ3) is 4.73. The largest absolute Gasteiger partial charge is 0.478 e. The predicted molar refractivity (Wildman–Crippen MR) is 140 cm³/mol. The van der Waals surface area contributed by atoms with Crippen LogP contribution < -0.4 is 10.6 Å². The van der Waals surface area contributed by atoms with Crippen LogP contribution in [0.15, 0.2) is 48.0 Å². The quantitative estimate of drug-likeness (QED) is 0.402. The highest BCUT2D eigenvalue weighted by Crippen LogP contribution is 2.43. The highest BCUT2D eigenvalue weighted by molar-refractivity contribution is 7.22. The molecule has 3 aromatic rings. The molecule has 2 aliphatic heterocycles. The summed E-state index contributed by atoms with van der Waals surface area (Å²) in [6.45, 7) is 0.155. The van der Waals surface area contributed by atoms with Gasteiger partial charge < -0.3 is 20.5 Å². The fraction of sp³-hybridized carbons (Fsp3) is 0.393. The molecular formula is C28H28FN3O4S. The first-order chi connectivity index (χ1) is 17.9. The first-order valence-corrected chi connectivity index (χ1v) is 13.5. The van der Waals surface area contributed by atoms with Crippen molar-refractivity contribution in [2.24, 2.45) is 11.7 Å². The Bertz CT molecular complexity index is 1380. The number of carbonyl (C=O) groups excluding carboxylic acids is 1. The van der Waals surface area contributed by atoms with Crippen LogP contribution >= 0.6 is 11.3 Å². The predicted octanol–water partition coefficient (Wildman–Crippen LogP) is 5.00. The summed E-state index contributed by atoms with van der Waals surface area (Å²) in [4.78, 5) is 31.6. The smallest absolute Gasteiger partial charge is 0.335 e. The molecule has 192 valence electrons. The lowest BCUT2D eigenvalue weighted by Gasteiger charge is -2.38. The molecule has 37 heavy (non-hydrogen) atoms. The van der Waals surface area contributed by atoms with Crippen molar-refractivity contribution in [2.45, 2.75) is 56.7 Å². The number of nitrogens with two attached hydrogens (primary N) is 1. The van der Waals surface area contributed by atoms with E-state index in [-0.39, 0.29) is 47.9 Å². The number of aromatic nitrogens is 1. The van der Waals surface area contributed by atoms with Gasteiger partial charge in [0.15, 0.2) is 10.9 Å². The van der Waals surface area contributed by atoms with E-state index in [0.29, 0.717) is 16.8 Å². The number of ether oxygens (including phenoxy) is 1. The number of anilines is 1. The van der Waals surface area contributed by atoms with Crippen molar-refractivity contribution in [2.75, 3.05) is 11.5 Å². The van der Waals surface area contributed by atoms with Gasteiger partial charge in [-0.3, -0.25) is 4.79 Å². The summed E-state index contributed by atoms with van der Waals surface area (Å²) in [5.74, 6) is -1.24. The average molecular weight is 522 g/mol. The van der Waals surface area contributed by atoms with E-state index in [1.807, 2.05) is 0 Å². The van der Waals surface area contributed by atoms with Crippen molar-refractivity contribution in [3.8, 4) is 0 Å². The topological polar surface area (TPSA) is 106 Å². The Kier molecular flexibility index (Phi) is 6.20. The summed E-state index contributed by atoms with van der Waals surface area (Å²) in [6.07, 6.45) is 5.49. The van der Waals surface area contributed by atoms with Crippen LogP contribution in [0.5, 0.6) is 0 Å². The maximum Gasteiger partial charge on any atom is 0.335 e. The summed E-state index contributed by atoms with van der Waals surface area (Å²) in [5.41, 5.74) is 8.97. The minimum atomic E-state index is -0.941.